The lowest BCUT2D eigenvalue weighted by Gasteiger charge is -2.17. The number of hydrogen-bond acceptors (Lipinski definition) is 4. The summed E-state index contributed by atoms with van der Waals surface area (Å²) in [7, 11) is 0. The first-order chi connectivity index (χ1) is 7.59. The van der Waals surface area contributed by atoms with Crippen molar-refractivity contribution in [1.82, 2.24) is 10.3 Å². The van der Waals surface area contributed by atoms with Crippen molar-refractivity contribution in [3.8, 4) is 0 Å². The maximum Gasteiger partial charge on any atom is 0.235 e. The Labute approximate surface area is 100 Å². The van der Waals surface area contributed by atoms with Crippen molar-refractivity contribution in [1.29, 1.82) is 0 Å². The minimum Gasteiger partial charge on any atom is -0.368 e. The second kappa shape index (κ2) is 6.50. The van der Waals surface area contributed by atoms with E-state index >= 15 is 0 Å². The van der Waals surface area contributed by atoms with Crippen molar-refractivity contribution < 1.29 is 4.79 Å². The van der Waals surface area contributed by atoms with E-state index in [9.17, 15) is 4.79 Å². The number of nitrogens with two attached hydrogens (primary N) is 1. The first-order valence-corrected chi connectivity index (χ1v) is 6.16. The average Bonchev–Trinajstić information content (AvgIpc) is 2.25. The lowest BCUT2D eigenvalue weighted by atomic mass is 10.3. The molecule has 1 heterocycles. The van der Waals surface area contributed by atoms with E-state index in [2.05, 4.69) is 10.3 Å². The summed E-state index contributed by atoms with van der Waals surface area (Å²) in [6, 6.07) is 3.78. The van der Waals surface area contributed by atoms with Crippen LogP contribution in [0, 0.1) is 0 Å². The summed E-state index contributed by atoms with van der Waals surface area (Å²) in [6.45, 7) is 3.99. The number of thioether (sulfide) groups is 1. The van der Waals surface area contributed by atoms with E-state index in [0.717, 1.165) is 4.90 Å². The number of nitrogens with one attached hydrogen (secondary N) is 1. The van der Waals surface area contributed by atoms with Gasteiger partial charge in [0.25, 0.3) is 0 Å². The normalized spacial score (nSPS) is 12.7. The maximum absolute atomic E-state index is 11.2. The van der Waals surface area contributed by atoms with Gasteiger partial charge in [0.15, 0.2) is 0 Å². The van der Waals surface area contributed by atoms with Crippen molar-refractivity contribution in [2.75, 3.05) is 5.75 Å². The Hall–Kier alpha value is -1.07. The molecule has 0 fully saturated rings. The van der Waals surface area contributed by atoms with Crippen LogP contribution in [-0.2, 0) is 4.79 Å². The van der Waals surface area contributed by atoms with E-state index in [-0.39, 0.29) is 18.0 Å². The van der Waals surface area contributed by atoms with E-state index in [1.54, 1.807) is 24.2 Å². The molecule has 1 rings (SSSR count). The number of rotatable bonds is 6. The fourth-order valence-electron chi connectivity index (χ4n) is 1.23. The van der Waals surface area contributed by atoms with Crippen molar-refractivity contribution in [3.63, 3.8) is 0 Å². The van der Waals surface area contributed by atoms with Gasteiger partial charge in [-0.15, -0.1) is 11.8 Å². The standard InChI is InChI=1S/C11H17N3OS/c1-8(2)14-10(11(12)15)7-16-9-3-5-13-6-4-9/h3-6,8,10,14H,7H2,1-2H3,(H2,12,15). The summed E-state index contributed by atoms with van der Waals surface area (Å²) in [5.41, 5.74) is 5.32. The summed E-state index contributed by atoms with van der Waals surface area (Å²) in [5, 5.41) is 3.14. The van der Waals surface area contributed by atoms with Crippen LogP contribution in [0.2, 0.25) is 0 Å². The monoisotopic (exact) mass is 239 g/mol. The number of aromatic nitrogens is 1. The van der Waals surface area contributed by atoms with Gasteiger partial charge in [0.05, 0.1) is 6.04 Å². The molecule has 0 saturated carbocycles. The Balaban J connectivity index is 2.47. The zero-order valence-corrected chi connectivity index (χ0v) is 10.3. The Morgan fingerprint density at radius 2 is 2.12 bits per heavy atom. The molecule has 1 atom stereocenters. The Morgan fingerprint density at radius 3 is 2.62 bits per heavy atom. The highest BCUT2D eigenvalue weighted by Crippen LogP contribution is 2.17. The Morgan fingerprint density at radius 1 is 1.50 bits per heavy atom. The van der Waals surface area contributed by atoms with Gasteiger partial charge in [-0.05, 0) is 12.1 Å². The number of primary amides is 1. The highest BCUT2D eigenvalue weighted by Gasteiger charge is 2.15. The molecule has 0 aliphatic heterocycles. The van der Waals surface area contributed by atoms with Gasteiger partial charge in [-0.2, -0.15) is 0 Å². The number of carbonyl (C=O) groups is 1. The van der Waals surface area contributed by atoms with Gasteiger partial charge in [0.2, 0.25) is 5.91 Å². The summed E-state index contributed by atoms with van der Waals surface area (Å²) >= 11 is 1.60. The molecule has 5 heteroatoms. The third-order valence-electron chi connectivity index (χ3n) is 1.94. The molecule has 0 aliphatic carbocycles. The highest BCUT2D eigenvalue weighted by atomic mass is 32.2. The second-order valence-corrected chi connectivity index (χ2v) is 4.86. The minimum atomic E-state index is -0.310. The minimum absolute atomic E-state index is 0.246. The van der Waals surface area contributed by atoms with Crippen LogP contribution in [-0.4, -0.2) is 28.7 Å². The molecular weight excluding hydrogens is 222 g/mol. The maximum atomic E-state index is 11.2. The number of nitrogens with zero attached hydrogens (tertiary/aromatic N) is 1. The van der Waals surface area contributed by atoms with E-state index in [1.807, 2.05) is 26.0 Å². The van der Waals surface area contributed by atoms with E-state index < -0.39 is 0 Å². The molecule has 1 aromatic heterocycles. The molecule has 4 nitrogen and oxygen atoms in total. The second-order valence-electron chi connectivity index (χ2n) is 3.77. The number of carbonyl (C=O) groups excluding carboxylic acids is 1. The van der Waals surface area contributed by atoms with Crippen LogP contribution in [0.25, 0.3) is 0 Å². The van der Waals surface area contributed by atoms with Gasteiger partial charge < -0.3 is 11.1 Å². The van der Waals surface area contributed by atoms with Crippen molar-refractivity contribution in [3.05, 3.63) is 24.5 Å². The first kappa shape index (κ1) is 13.0. The van der Waals surface area contributed by atoms with Gasteiger partial charge in [0.1, 0.15) is 0 Å². The van der Waals surface area contributed by atoms with Gasteiger partial charge >= 0.3 is 0 Å². The van der Waals surface area contributed by atoms with E-state index in [1.165, 1.54) is 0 Å². The fourth-order valence-corrected chi connectivity index (χ4v) is 2.16. The molecule has 0 aliphatic rings. The molecule has 1 amide bonds. The predicted octanol–water partition coefficient (Wildman–Crippen LogP) is 1.03. The van der Waals surface area contributed by atoms with Crippen molar-refractivity contribution >= 4 is 17.7 Å². The fraction of sp³-hybridized carbons (Fsp3) is 0.455. The molecule has 1 unspecified atom stereocenters. The summed E-state index contributed by atoms with van der Waals surface area (Å²) in [5.74, 6) is 0.326. The summed E-state index contributed by atoms with van der Waals surface area (Å²) < 4.78 is 0. The van der Waals surface area contributed by atoms with Crippen molar-refractivity contribution in [2.24, 2.45) is 5.73 Å². The molecule has 3 N–H and O–H groups in total. The van der Waals surface area contributed by atoms with Crippen LogP contribution in [0.1, 0.15) is 13.8 Å². The van der Waals surface area contributed by atoms with E-state index in [0.29, 0.717) is 5.75 Å². The SMILES string of the molecule is CC(C)NC(CSc1ccncc1)C(N)=O. The van der Waals surface area contributed by atoms with Crippen LogP contribution < -0.4 is 11.1 Å². The molecule has 88 valence electrons. The molecule has 0 spiro atoms. The largest absolute Gasteiger partial charge is 0.368 e. The zero-order valence-electron chi connectivity index (χ0n) is 9.51. The van der Waals surface area contributed by atoms with Crippen LogP contribution in [0.4, 0.5) is 0 Å². The molecule has 0 saturated heterocycles. The number of pyridine rings is 1. The molecule has 0 aromatic carbocycles. The third kappa shape index (κ3) is 4.63. The zero-order chi connectivity index (χ0) is 12.0. The van der Waals surface area contributed by atoms with Crippen LogP contribution in [0.5, 0.6) is 0 Å². The topological polar surface area (TPSA) is 68.0 Å². The lowest BCUT2D eigenvalue weighted by Crippen LogP contribution is -2.46. The third-order valence-corrected chi connectivity index (χ3v) is 3.05. The quantitative estimate of drug-likeness (QED) is 0.727. The Bertz CT molecular complexity index is 329. The Kier molecular flexibility index (Phi) is 5.28. The van der Waals surface area contributed by atoms with E-state index in [4.69, 9.17) is 5.73 Å². The molecule has 1 aromatic rings. The van der Waals surface area contributed by atoms with Gasteiger partial charge in [0, 0.05) is 29.1 Å². The first-order valence-electron chi connectivity index (χ1n) is 5.17. The summed E-state index contributed by atoms with van der Waals surface area (Å²) in [6.07, 6.45) is 3.47. The van der Waals surface area contributed by atoms with Gasteiger partial charge in [-0.1, -0.05) is 13.8 Å². The average molecular weight is 239 g/mol. The smallest absolute Gasteiger partial charge is 0.235 e. The highest BCUT2D eigenvalue weighted by molar-refractivity contribution is 7.99. The lowest BCUT2D eigenvalue weighted by molar-refractivity contribution is -0.119. The van der Waals surface area contributed by atoms with Gasteiger partial charge in [-0.3, -0.25) is 9.78 Å². The van der Waals surface area contributed by atoms with Crippen LogP contribution >= 0.6 is 11.8 Å². The molecule has 0 radical (unpaired) electrons. The van der Waals surface area contributed by atoms with Crippen molar-refractivity contribution in [2.45, 2.75) is 30.8 Å². The summed E-state index contributed by atoms with van der Waals surface area (Å²) in [4.78, 5) is 16.2. The molecular formula is C11H17N3OS. The van der Waals surface area contributed by atoms with Crippen LogP contribution in [0.3, 0.4) is 0 Å². The van der Waals surface area contributed by atoms with Gasteiger partial charge in [-0.25, -0.2) is 0 Å². The molecule has 0 bridgehead atoms. The number of hydrogen-bond donors (Lipinski definition) is 2. The molecule has 16 heavy (non-hydrogen) atoms. The predicted molar refractivity (Wildman–Crippen MR) is 66.2 cm³/mol. The van der Waals surface area contributed by atoms with Crippen LogP contribution in [0.15, 0.2) is 29.4 Å². The number of amides is 1.